The topological polar surface area (TPSA) is 282 Å². The molecule has 24 nitrogen and oxygen atoms in total. The summed E-state index contributed by atoms with van der Waals surface area (Å²) in [4.78, 5) is 130. The van der Waals surface area contributed by atoms with Crippen LogP contribution in [0, 0.1) is 11.3 Å². The number of hydrogen-bond acceptors (Lipinski definition) is 16. The number of aliphatic imine (C=N–C) groups is 1. The fraction of sp³-hybridized carbons (Fsp3) is 0.500. The van der Waals surface area contributed by atoms with E-state index in [9.17, 15) is 43.2 Å². The number of rotatable bonds is 29. The van der Waals surface area contributed by atoms with Crippen molar-refractivity contribution in [1.82, 2.24) is 30.7 Å². The van der Waals surface area contributed by atoms with Crippen molar-refractivity contribution >= 4 is 76.6 Å². The Labute approximate surface area is 537 Å². The molecule has 4 N–H and O–H groups in total. The van der Waals surface area contributed by atoms with Crippen LogP contribution in [0.1, 0.15) is 147 Å². The predicted molar refractivity (Wildman–Crippen MR) is 344 cm³/mol. The minimum atomic E-state index is -1.01. The smallest absolute Gasteiger partial charge is 0.414 e. The van der Waals surface area contributed by atoms with E-state index >= 15 is 0 Å². The molecule has 0 spiro atoms. The van der Waals surface area contributed by atoms with Gasteiger partial charge in [0, 0.05) is 80.1 Å². The Kier molecular flexibility index (Phi) is 22.4. The van der Waals surface area contributed by atoms with Crippen LogP contribution in [0.25, 0.3) is 0 Å². The quantitative estimate of drug-likeness (QED) is 0.0375. The molecule has 0 bridgehead atoms. The first-order valence-electron chi connectivity index (χ1n) is 31.4. The van der Waals surface area contributed by atoms with Crippen LogP contribution in [-0.2, 0) is 44.8 Å². The van der Waals surface area contributed by atoms with Crippen molar-refractivity contribution in [3.05, 3.63) is 101 Å². The van der Waals surface area contributed by atoms with Crippen LogP contribution in [0.5, 0.6) is 23.0 Å². The maximum Gasteiger partial charge on any atom is 0.414 e. The standard InChI is InChI=1S/C68H87N9O15/c1-13-68(10,39-70-57(78)23-25-74-58(79)21-22-59(74)80)92-28-24-67(8,9)65(85)73-60(40(2)3)62(82)71-43(6)61(81)72-46-19-17-45(18-20-46)38-91-66(86)77-44(7)51-30-42(5)37-76(51)64(84)49-32-54(88-12)56(34-52(49)77)90-27-16-14-15-26-89-55-33-50-48(31-53(55)87-11)63(83)75-36-41(4)29-47(75)35-69-50/h17-22,31-37,40,43-44,47,51,60H,13-16,23-30,38-39H2,1-12H3,(H,70,78)(H,71,82)(H,72,81)(H,73,85)/t43-,44?,47-,51-,60-,68?/m0/s1. The molecule has 0 radical (unpaired) electrons. The second-order valence-electron chi connectivity index (χ2n) is 25.2. The molecule has 6 atom stereocenters. The van der Waals surface area contributed by atoms with Crippen LogP contribution in [0.2, 0.25) is 0 Å². The zero-order valence-electron chi connectivity index (χ0n) is 54.7. The van der Waals surface area contributed by atoms with Gasteiger partial charge in [-0.05, 0) is 115 Å². The number of nitrogens with one attached hydrogen (secondary N) is 4. The lowest BCUT2D eigenvalue weighted by Crippen LogP contribution is -2.55. The maximum atomic E-state index is 14.4. The van der Waals surface area contributed by atoms with E-state index < -0.39 is 64.8 Å². The zero-order chi connectivity index (χ0) is 66.8. The number of anilines is 2. The molecule has 2 unspecified atom stereocenters. The number of unbranched alkanes of at least 4 members (excludes halogenated alkanes) is 2. The molecule has 9 amide bonds. The number of carbonyl (C=O) groups excluding carboxylic acids is 9. The molecule has 5 aliphatic rings. The van der Waals surface area contributed by atoms with E-state index in [1.165, 1.54) is 38.2 Å². The summed E-state index contributed by atoms with van der Waals surface area (Å²) in [5.41, 5.74) is 2.86. The summed E-state index contributed by atoms with van der Waals surface area (Å²) in [5, 5.41) is 11.2. The molecule has 3 aromatic carbocycles. The van der Waals surface area contributed by atoms with Crippen molar-refractivity contribution in [1.29, 1.82) is 0 Å². The number of nitrogens with zero attached hydrogens (tertiary/aromatic N) is 5. The van der Waals surface area contributed by atoms with Gasteiger partial charge in [0.25, 0.3) is 23.6 Å². The molecule has 494 valence electrons. The van der Waals surface area contributed by atoms with Gasteiger partial charge in [0.15, 0.2) is 23.0 Å². The van der Waals surface area contributed by atoms with Crippen LogP contribution >= 0.6 is 0 Å². The Morgan fingerprint density at radius 3 is 2.00 bits per heavy atom. The molecule has 0 saturated carbocycles. The Morgan fingerprint density at radius 1 is 0.739 bits per heavy atom. The molecule has 8 rings (SSSR count). The van der Waals surface area contributed by atoms with Gasteiger partial charge >= 0.3 is 6.09 Å². The van der Waals surface area contributed by atoms with Gasteiger partial charge in [-0.15, -0.1) is 0 Å². The highest BCUT2D eigenvalue weighted by Gasteiger charge is 2.44. The number of imide groups is 1. The van der Waals surface area contributed by atoms with E-state index in [0.29, 0.717) is 83.5 Å². The first-order valence-corrected chi connectivity index (χ1v) is 31.4. The summed E-state index contributed by atoms with van der Waals surface area (Å²) in [5.74, 6) is -1.93. The van der Waals surface area contributed by atoms with Gasteiger partial charge in [-0.1, -0.05) is 57.9 Å². The minimum absolute atomic E-state index is 0.0380. The number of fused-ring (bicyclic) bond motifs is 4. The average Bonchev–Trinajstić information content (AvgIpc) is 1.60. The molecular formula is C68H87N9O15. The summed E-state index contributed by atoms with van der Waals surface area (Å²) in [7, 11) is 3.02. The molecule has 24 heteroatoms. The molecule has 5 aliphatic heterocycles. The number of methoxy groups -OCH3 is 2. The van der Waals surface area contributed by atoms with Crippen molar-refractivity contribution < 1.29 is 71.6 Å². The third kappa shape index (κ3) is 16.3. The van der Waals surface area contributed by atoms with Gasteiger partial charge in [-0.25, -0.2) is 4.79 Å². The lowest BCUT2D eigenvalue weighted by molar-refractivity contribution is -0.137. The van der Waals surface area contributed by atoms with Crippen molar-refractivity contribution in [3.63, 3.8) is 0 Å². The van der Waals surface area contributed by atoms with E-state index in [2.05, 4.69) is 26.3 Å². The highest BCUT2D eigenvalue weighted by molar-refractivity contribution is 6.13. The fourth-order valence-electron chi connectivity index (χ4n) is 11.3. The Morgan fingerprint density at radius 2 is 1.36 bits per heavy atom. The van der Waals surface area contributed by atoms with Gasteiger partial charge in [-0.2, -0.15) is 0 Å². The second kappa shape index (κ2) is 29.9. The van der Waals surface area contributed by atoms with Crippen LogP contribution in [-0.4, -0.2) is 157 Å². The summed E-state index contributed by atoms with van der Waals surface area (Å²) >= 11 is 0. The van der Waals surface area contributed by atoms with Crippen molar-refractivity contribution in [3.8, 4) is 23.0 Å². The summed E-state index contributed by atoms with van der Waals surface area (Å²) in [6.45, 7) is 18.9. The SMILES string of the molecule is CCC(C)(CNC(=O)CCN1C(=O)C=CC1=O)OCCC(C)(C)C(=O)N[C@H](C(=O)N[C@@H](C)C(=O)Nc1ccc(COC(=O)N2c3cc(OCCCCCOc4cc5c(cc4OC)C(=O)N4C=C(C)C[C@H]4C=N5)c(OC)cc3C(=O)N3C=C(C)C[C@H]3C2C)cc1)C(C)C. The van der Waals surface area contributed by atoms with Crippen LogP contribution < -0.4 is 45.1 Å². The largest absolute Gasteiger partial charge is 0.493 e. The zero-order valence-corrected chi connectivity index (χ0v) is 54.7. The number of amides is 9. The van der Waals surface area contributed by atoms with E-state index in [1.54, 1.807) is 92.2 Å². The predicted octanol–water partition coefficient (Wildman–Crippen LogP) is 8.45. The molecule has 3 aromatic rings. The Balaban J connectivity index is 0.811. The van der Waals surface area contributed by atoms with Gasteiger partial charge in [0.05, 0.1) is 73.7 Å². The third-order valence-electron chi connectivity index (χ3n) is 17.3. The molecule has 0 aliphatic carbocycles. The van der Waals surface area contributed by atoms with Gasteiger partial charge in [0.1, 0.15) is 18.7 Å². The number of benzene rings is 3. The maximum absolute atomic E-state index is 14.4. The number of ether oxygens (including phenoxy) is 6. The normalized spacial score (nSPS) is 18.7. The van der Waals surface area contributed by atoms with Crippen molar-refractivity contribution in [2.75, 3.05) is 57.3 Å². The van der Waals surface area contributed by atoms with E-state index in [4.69, 9.17) is 28.4 Å². The highest BCUT2D eigenvalue weighted by atomic mass is 16.6. The van der Waals surface area contributed by atoms with Gasteiger partial charge in [0.2, 0.25) is 23.6 Å². The lowest BCUT2D eigenvalue weighted by atomic mass is 9.87. The summed E-state index contributed by atoms with van der Waals surface area (Å²) in [6.07, 6.45) is 11.2. The van der Waals surface area contributed by atoms with Crippen LogP contribution in [0.3, 0.4) is 0 Å². The number of carbonyl (C=O) groups is 9. The van der Waals surface area contributed by atoms with Gasteiger partial charge in [-0.3, -0.25) is 53.1 Å². The Hall–Kier alpha value is -9.06. The molecule has 5 heterocycles. The third-order valence-corrected chi connectivity index (χ3v) is 17.3. The van der Waals surface area contributed by atoms with E-state index in [1.807, 2.05) is 47.0 Å². The fourth-order valence-corrected chi connectivity index (χ4v) is 11.3. The number of hydrogen-bond donors (Lipinski definition) is 4. The lowest BCUT2D eigenvalue weighted by Gasteiger charge is -2.33. The second-order valence-corrected chi connectivity index (χ2v) is 25.2. The van der Waals surface area contributed by atoms with Crippen LogP contribution in [0.15, 0.2) is 89.2 Å². The van der Waals surface area contributed by atoms with E-state index in [-0.39, 0.29) is 87.0 Å². The average molecular weight is 1270 g/mol. The summed E-state index contributed by atoms with van der Waals surface area (Å²) < 4.78 is 36.0. The molecule has 0 saturated heterocycles. The minimum Gasteiger partial charge on any atom is -0.493 e. The van der Waals surface area contributed by atoms with Crippen molar-refractivity contribution in [2.24, 2.45) is 16.3 Å². The van der Waals surface area contributed by atoms with Gasteiger partial charge < -0.3 is 59.5 Å². The molecular weight excluding hydrogens is 1180 g/mol. The monoisotopic (exact) mass is 1270 g/mol. The highest BCUT2D eigenvalue weighted by Crippen LogP contribution is 2.43. The first-order chi connectivity index (χ1) is 43.7. The first kappa shape index (κ1) is 68.8. The molecule has 92 heavy (non-hydrogen) atoms. The van der Waals surface area contributed by atoms with Crippen LogP contribution in [0.4, 0.5) is 21.9 Å². The molecule has 0 aromatic heterocycles. The molecule has 0 fully saturated rings. The summed E-state index contributed by atoms with van der Waals surface area (Å²) in [6, 6.07) is 10.3. The van der Waals surface area contributed by atoms with Crippen molar-refractivity contribution in [2.45, 2.75) is 163 Å². The van der Waals surface area contributed by atoms with E-state index in [0.717, 1.165) is 28.9 Å². The Bertz CT molecular complexity index is 3430.